The van der Waals surface area contributed by atoms with Gasteiger partial charge in [-0.1, -0.05) is 29.8 Å². The van der Waals surface area contributed by atoms with Crippen molar-refractivity contribution in [1.29, 1.82) is 0 Å². The van der Waals surface area contributed by atoms with Crippen LogP contribution in [0.25, 0.3) is 0 Å². The SMILES string of the molecule is Cc1ccc(C)c(C(=O)CCC(=O)OCC(=O)NCC(=O)Nc2cccc(C)c2C)c1. The predicted octanol–water partition coefficient (Wildman–Crippen LogP) is 3.18. The van der Waals surface area contributed by atoms with Crippen molar-refractivity contribution < 1.29 is 23.9 Å². The van der Waals surface area contributed by atoms with Gasteiger partial charge in [0.15, 0.2) is 12.4 Å². The maximum absolute atomic E-state index is 12.3. The van der Waals surface area contributed by atoms with Gasteiger partial charge in [0.05, 0.1) is 13.0 Å². The van der Waals surface area contributed by atoms with Crippen molar-refractivity contribution in [3.8, 4) is 0 Å². The Morgan fingerprint density at radius 1 is 0.871 bits per heavy atom. The maximum atomic E-state index is 12.3. The van der Waals surface area contributed by atoms with E-state index in [-0.39, 0.29) is 31.1 Å². The molecular weight excluding hydrogens is 396 g/mol. The molecule has 0 unspecified atom stereocenters. The van der Waals surface area contributed by atoms with E-state index in [0.717, 1.165) is 22.3 Å². The lowest BCUT2D eigenvalue weighted by atomic mass is 9.99. The monoisotopic (exact) mass is 424 g/mol. The van der Waals surface area contributed by atoms with E-state index in [9.17, 15) is 19.2 Å². The number of aryl methyl sites for hydroxylation is 3. The van der Waals surface area contributed by atoms with Crippen LogP contribution in [0.3, 0.4) is 0 Å². The van der Waals surface area contributed by atoms with Crippen molar-refractivity contribution in [2.45, 2.75) is 40.5 Å². The quantitative estimate of drug-likeness (QED) is 0.476. The molecule has 164 valence electrons. The molecule has 0 spiro atoms. The normalized spacial score (nSPS) is 10.3. The van der Waals surface area contributed by atoms with Gasteiger partial charge in [0, 0.05) is 17.7 Å². The van der Waals surface area contributed by atoms with Gasteiger partial charge >= 0.3 is 5.97 Å². The minimum Gasteiger partial charge on any atom is -0.456 e. The highest BCUT2D eigenvalue weighted by molar-refractivity contribution is 5.99. The molecule has 7 nitrogen and oxygen atoms in total. The number of carbonyl (C=O) groups is 4. The van der Waals surface area contributed by atoms with Crippen molar-refractivity contribution in [2.75, 3.05) is 18.5 Å². The Balaban J connectivity index is 1.70. The fourth-order valence-electron chi connectivity index (χ4n) is 2.92. The smallest absolute Gasteiger partial charge is 0.306 e. The van der Waals surface area contributed by atoms with Crippen LogP contribution in [-0.2, 0) is 19.1 Å². The summed E-state index contributed by atoms with van der Waals surface area (Å²) in [5.41, 5.74) is 5.08. The van der Waals surface area contributed by atoms with Crippen molar-refractivity contribution in [2.24, 2.45) is 0 Å². The first-order chi connectivity index (χ1) is 14.7. The van der Waals surface area contributed by atoms with Gasteiger partial charge in [-0.2, -0.15) is 0 Å². The second-order valence-corrected chi connectivity index (χ2v) is 7.47. The number of hydrogen-bond donors (Lipinski definition) is 2. The molecule has 2 N–H and O–H groups in total. The van der Waals surface area contributed by atoms with Gasteiger partial charge < -0.3 is 15.4 Å². The van der Waals surface area contributed by atoms with Crippen molar-refractivity contribution in [1.82, 2.24) is 5.32 Å². The molecule has 0 atom stereocenters. The lowest BCUT2D eigenvalue weighted by Gasteiger charge is -2.11. The number of hydrogen-bond acceptors (Lipinski definition) is 5. The number of ketones is 1. The van der Waals surface area contributed by atoms with E-state index in [2.05, 4.69) is 10.6 Å². The summed E-state index contributed by atoms with van der Waals surface area (Å²) in [6, 6.07) is 11.1. The zero-order valence-corrected chi connectivity index (χ0v) is 18.3. The molecule has 2 rings (SSSR count). The summed E-state index contributed by atoms with van der Waals surface area (Å²) in [7, 11) is 0. The standard InChI is InChI=1S/C24H28N2O5/c1-15-8-9-17(3)19(12-15)21(27)10-11-24(30)31-14-23(29)25-13-22(28)26-20-7-5-6-16(2)18(20)4/h5-9,12H,10-11,13-14H2,1-4H3,(H,25,29)(H,26,28). The lowest BCUT2D eigenvalue weighted by Crippen LogP contribution is -2.35. The zero-order valence-electron chi connectivity index (χ0n) is 18.3. The molecule has 0 saturated carbocycles. The Kier molecular flexibility index (Phi) is 8.49. The van der Waals surface area contributed by atoms with Gasteiger partial charge in [0.25, 0.3) is 5.91 Å². The first-order valence-corrected chi connectivity index (χ1v) is 10.1. The Labute approximate surface area is 182 Å². The fourth-order valence-corrected chi connectivity index (χ4v) is 2.92. The highest BCUT2D eigenvalue weighted by Crippen LogP contribution is 2.17. The van der Waals surface area contributed by atoms with Crippen LogP contribution in [-0.4, -0.2) is 36.7 Å². The van der Waals surface area contributed by atoms with Crippen LogP contribution in [0, 0.1) is 27.7 Å². The van der Waals surface area contributed by atoms with E-state index in [0.29, 0.717) is 11.3 Å². The summed E-state index contributed by atoms with van der Waals surface area (Å²) in [5.74, 6) is -1.77. The fraction of sp³-hybridized carbons (Fsp3) is 0.333. The van der Waals surface area contributed by atoms with Crippen LogP contribution in [0.1, 0.15) is 45.5 Å². The van der Waals surface area contributed by atoms with Crippen molar-refractivity contribution in [3.05, 3.63) is 64.2 Å². The van der Waals surface area contributed by atoms with Crippen LogP contribution in [0.2, 0.25) is 0 Å². The molecule has 2 aromatic rings. The molecule has 31 heavy (non-hydrogen) atoms. The summed E-state index contributed by atoms with van der Waals surface area (Å²) >= 11 is 0. The molecule has 0 radical (unpaired) electrons. The third-order valence-corrected chi connectivity index (χ3v) is 4.94. The minimum atomic E-state index is -0.645. The average Bonchev–Trinajstić information content (AvgIpc) is 2.74. The van der Waals surface area contributed by atoms with Gasteiger partial charge in [-0.25, -0.2) is 0 Å². The average molecular weight is 424 g/mol. The second-order valence-electron chi connectivity index (χ2n) is 7.47. The van der Waals surface area contributed by atoms with Crippen LogP contribution >= 0.6 is 0 Å². The van der Waals surface area contributed by atoms with Gasteiger partial charge in [-0.15, -0.1) is 0 Å². The maximum Gasteiger partial charge on any atom is 0.306 e. The summed E-state index contributed by atoms with van der Waals surface area (Å²) in [5, 5.41) is 5.13. The molecule has 0 aromatic heterocycles. The van der Waals surface area contributed by atoms with Crippen LogP contribution in [0.15, 0.2) is 36.4 Å². The van der Waals surface area contributed by atoms with Gasteiger partial charge in [-0.3, -0.25) is 19.2 Å². The molecule has 0 fully saturated rings. The molecule has 0 bridgehead atoms. The number of benzene rings is 2. The molecule has 0 aliphatic rings. The van der Waals surface area contributed by atoms with Crippen LogP contribution < -0.4 is 10.6 Å². The van der Waals surface area contributed by atoms with E-state index in [1.54, 1.807) is 12.1 Å². The summed E-state index contributed by atoms with van der Waals surface area (Å²) < 4.78 is 4.89. The third kappa shape index (κ3) is 7.37. The summed E-state index contributed by atoms with van der Waals surface area (Å²) in [6.45, 7) is 6.82. The molecule has 0 saturated heterocycles. The Morgan fingerprint density at radius 2 is 1.61 bits per heavy atom. The number of anilines is 1. The van der Waals surface area contributed by atoms with E-state index in [1.807, 2.05) is 52.0 Å². The van der Waals surface area contributed by atoms with Gasteiger partial charge in [0.2, 0.25) is 5.91 Å². The first-order valence-electron chi connectivity index (χ1n) is 10.1. The Morgan fingerprint density at radius 3 is 2.35 bits per heavy atom. The van der Waals surface area contributed by atoms with E-state index in [1.165, 1.54) is 0 Å². The number of amides is 2. The number of Topliss-reactive ketones (excluding diaryl/α,β-unsaturated/α-hetero) is 1. The minimum absolute atomic E-state index is 0.00297. The summed E-state index contributed by atoms with van der Waals surface area (Å²) in [4.78, 5) is 48.0. The molecule has 0 aliphatic carbocycles. The molecule has 7 heteroatoms. The number of esters is 1. The molecule has 0 aliphatic heterocycles. The molecule has 2 aromatic carbocycles. The third-order valence-electron chi connectivity index (χ3n) is 4.94. The van der Waals surface area contributed by atoms with E-state index >= 15 is 0 Å². The highest BCUT2D eigenvalue weighted by atomic mass is 16.5. The summed E-state index contributed by atoms with van der Waals surface area (Å²) in [6.07, 6.45) is -0.115. The molecular formula is C24H28N2O5. The number of nitrogens with one attached hydrogen (secondary N) is 2. The van der Waals surface area contributed by atoms with Gasteiger partial charge in [0.1, 0.15) is 0 Å². The lowest BCUT2D eigenvalue weighted by molar-refractivity contribution is -0.148. The molecule has 0 heterocycles. The first kappa shape index (κ1) is 23.8. The van der Waals surface area contributed by atoms with E-state index < -0.39 is 18.5 Å². The van der Waals surface area contributed by atoms with Crippen LogP contribution in [0.4, 0.5) is 5.69 Å². The Hall–Kier alpha value is -3.48. The van der Waals surface area contributed by atoms with E-state index in [4.69, 9.17) is 4.74 Å². The van der Waals surface area contributed by atoms with Gasteiger partial charge in [-0.05, 0) is 56.5 Å². The van der Waals surface area contributed by atoms with Crippen LogP contribution in [0.5, 0.6) is 0 Å². The topological polar surface area (TPSA) is 102 Å². The zero-order chi connectivity index (χ0) is 23.0. The predicted molar refractivity (Wildman–Crippen MR) is 118 cm³/mol. The van der Waals surface area contributed by atoms with Crippen molar-refractivity contribution in [3.63, 3.8) is 0 Å². The number of ether oxygens (including phenoxy) is 1. The number of carbonyl (C=O) groups excluding carboxylic acids is 4. The molecule has 2 amide bonds. The largest absolute Gasteiger partial charge is 0.456 e. The highest BCUT2D eigenvalue weighted by Gasteiger charge is 2.14. The van der Waals surface area contributed by atoms with Crippen molar-refractivity contribution >= 4 is 29.3 Å². The second kappa shape index (κ2) is 11.1. The Bertz CT molecular complexity index is 997. The number of rotatable bonds is 9.